The van der Waals surface area contributed by atoms with Crippen LogP contribution in [0.1, 0.15) is 75.0 Å². The van der Waals surface area contributed by atoms with Gasteiger partial charge >= 0.3 is 0 Å². The van der Waals surface area contributed by atoms with Crippen LogP contribution >= 0.6 is 0 Å². The van der Waals surface area contributed by atoms with Gasteiger partial charge in [0.2, 0.25) is 5.91 Å². The summed E-state index contributed by atoms with van der Waals surface area (Å²) in [5.74, 6) is 1.51. The first-order chi connectivity index (χ1) is 22.4. The number of methoxy groups -OCH3 is 1. The molecule has 1 aromatic carbocycles. The molecular formula is C35H43F2N7O3. The van der Waals surface area contributed by atoms with E-state index in [2.05, 4.69) is 16.0 Å². The quantitative estimate of drug-likeness (QED) is 0.250. The predicted octanol–water partition coefficient (Wildman–Crippen LogP) is 5.43. The molecule has 1 aliphatic heterocycles. The van der Waals surface area contributed by atoms with Crippen LogP contribution in [0.25, 0.3) is 33.6 Å². The Labute approximate surface area is 272 Å². The van der Waals surface area contributed by atoms with Gasteiger partial charge in [-0.25, -0.2) is 18.7 Å². The Morgan fingerprint density at radius 1 is 1.13 bits per heavy atom. The Balaban J connectivity index is 1.27. The van der Waals surface area contributed by atoms with Crippen molar-refractivity contribution in [1.82, 2.24) is 29.3 Å². The van der Waals surface area contributed by atoms with Gasteiger partial charge in [-0.15, -0.1) is 0 Å². The average Bonchev–Trinajstić information content (AvgIpc) is 3.51. The normalized spacial score (nSPS) is 22.0. The van der Waals surface area contributed by atoms with Crippen molar-refractivity contribution in [3.8, 4) is 17.3 Å². The van der Waals surface area contributed by atoms with E-state index in [1.165, 1.54) is 13.8 Å². The first-order valence-corrected chi connectivity index (χ1v) is 16.6. The van der Waals surface area contributed by atoms with Gasteiger partial charge in [-0.1, -0.05) is 0 Å². The van der Waals surface area contributed by atoms with Gasteiger partial charge in [0.1, 0.15) is 22.3 Å². The second-order valence-electron chi connectivity index (χ2n) is 14.3. The molecule has 0 unspecified atom stereocenters. The van der Waals surface area contributed by atoms with Gasteiger partial charge in [0.15, 0.2) is 5.82 Å². The number of pyridine rings is 1. The zero-order chi connectivity index (χ0) is 33.4. The number of fused-ring (bicyclic) bond motifs is 4. The van der Waals surface area contributed by atoms with Crippen LogP contribution in [0.2, 0.25) is 0 Å². The fourth-order valence-corrected chi connectivity index (χ4v) is 7.29. The standard InChI is InChI=1S/C35H43F2N7O3/c1-18(39-34(46)35(2,3)33(36)37)25-11-9-21-14-27(44(30(21)40-25)16-19-6-7-19)31-41-26-13-22(15-28(47-5)29(26)42(31)4)32(45)43-17-24(38)20-8-10-23(43)12-20/h9,11,13-15,18-20,23-24,33H,6-8,10,12,16-17,38H2,1-5H3,(H,39,46)/t18-,20-,23+,24+/m1/s1. The molecule has 2 bridgehead atoms. The number of aryl methyl sites for hydroxylation is 1. The van der Waals surface area contributed by atoms with E-state index in [0.29, 0.717) is 46.7 Å². The second-order valence-corrected chi connectivity index (χ2v) is 14.3. The number of benzene rings is 1. The van der Waals surface area contributed by atoms with Crippen LogP contribution in [0.3, 0.4) is 0 Å². The molecule has 2 amide bonds. The molecule has 4 heterocycles. The van der Waals surface area contributed by atoms with Crippen LogP contribution in [0.4, 0.5) is 8.78 Å². The summed E-state index contributed by atoms with van der Waals surface area (Å²) in [6, 6.07) is 9.13. The fraction of sp³-hybridized carbons (Fsp3) is 0.543. The summed E-state index contributed by atoms with van der Waals surface area (Å²) in [6.07, 6.45) is 2.46. The molecule has 0 radical (unpaired) electrons. The number of halogens is 2. The Bertz CT molecular complexity index is 1880. The summed E-state index contributed by atoms with van der Waals surface area (Å²) in [6.45, 7) is 5.53. The molecule has 4 aromatic rings. The molecule has 2 saturated carbocycles. The van der Waals surface area contributed by atoms with Crippen LogP contribution in [-0.4, -0.2) is 68.0 Å². The van der Waals surface area contributed by atoms with E-state index in [1.807, 2.05) is 34.7 Å². The molecule has 1 saturated heterocycles. The van der Waals surface area contributed by atoms with E-state index in [0.717, 1.165) is 60.9 Å². The third-order valence-corrected chi connectivity index (χ3v) is 10.6. The highest BCUT2D eigenvalue weighted by Gasteiger charge is 2.41. The molecule has 4 atom stereocenters. The Morgan fingerprint density at radius 3 is 2.60 bits per heavy atom. The lowest BCUT2D eigenvalue weighted by Crippen LogP contribution is -2.51. The minimum atomic E-state index is -2.79. The van der Waals surface area contributed by atoms with Crippen molar-refractivity contribution in [1.29, 1.82) is 0 Å². The third-order valence-electron chi connectivity index (χ3n) is 10.6. The summed E-state index contributed by atoms with van der Waals surface area (Å²) < 4.78 is 37.0. The molecule has 10 nitrogen and oxygen atoms in total. The monoisotopic (exact) mass is 647 g/mol. The summed E-state index contributed by atoms with van der Waals surface area (Å²) in [4.78, 5) is 38.5. The number of ether oxygens (including phenoxy) is 1. The van der Waals surface area contributed by atoms with Gasteiger partial charge in [-0.3, -0.25) is 9.59 Å². The van der Waals surface area contributed by atoms with Crippen LogP contribution in [-0.2, 0) is 18.4 Å². The van der Waals surface area contributed by atoms with E-state index < -0.39 is 23.8 Å². The highest BCUT2D eigenvalue weighted by molar-refractivity contribution is 6.00. The lowest BCUT2D eigenvalue weighted by atomic mass is 9.92. The summed E-state index contributed by atoms with van der Waals surface area (Å²) in [5, 5.41) is 3.63. The number of likely N-dealkylation sites (tertiary alicyclic amines) is 1. The van der Waals surface area contributed by atoms with Crippen molar-refractivity contribution in [3.05, 3.63) is 41.6 Å². The zero-order valence-corrected chi connectivity index (χ0v) is 27.6. The van der Waals surface area contributed by atoms with E-state index in [4.69, 9.17) is 20.4 Å². The molecule has 3 aromatic heterocycles. The van der Waals surface area contributed by atoms with Gasteiger partial charge in [0, 0.05) is 43.2 Å². The van der Waals surface area contributed by atoms with E-state index in [9.17, 15) is 18.4 Å². The third kappa shape index (κ3) is 5.44. The maximum Gasteiger partial charge on any atom is 0.254 e. The number of hydrogen-bond donors (Lipinski definition) is 2. The largest absolute Gasteiger partial charge is 0.494 e. The summed E-state index contributed by atoms with van der Waals surface area (Å²) in [7, 11) is 3.54. The molecule has 3 aliphatic rings. The Kier molecular flexibility index (Phi) is 7.76. The van der Waals surface area contributed by atoms with Crippen molar-refractivity contribution in [3.63, 3.8) is 0 Å². The lowest BCUT2D eigenvalue weighted by Gasteiger charge is -2.37. The molecule has 250 valence electrons. The summed E-state index contributed by atoms with van der Waals surface area (Å²) in [5.41, 5.74) is 8.79. The van der Waals surface area contributed by atoms with Crippen LogP contribution in [0.5, 0.6) is 5.75 Å². The zero-order valence-electron chi connectivity index (χ0n) is 27.6. The molecule has 3 fully saturated rings. The minimum Gasteiger partial charge on any atom is -0.494 e. The molecule has 3 N–H and O–H groups in total. The van der Waals surface area contributed by atoms with Gasteiger partial charge in [0.05, 0.1) is 30.1 Å². The van der Waals surface area contributed by atoms with Crippen LogP contribution in [0.15, 0.2) is 30.3 Å². The van der Waals surface area contributed by atoms with E-state index in [1.54, 1.807) is 20.1 Å². The average molecular weight is 648 g/mol. The Morgan fingerprint density at radius 2 is 1.89 bits per heavy atom. The number of carbonyl (C=O) groups excluding carboxylic acids is 2. The predicted molar refractivity (Wildman–Crippen MR) is 175 cm³/mol. The van der Waals surface area contributed by atoms with Gasteiger partial charge in [0.25, 0.3) is 12.3 Å². The number of piperidine rings is 1. The maximum atomic E-state index is 13.9. The maximum absolute atomic E-state index is 13.9. The highest BCUT2D eigenvalue weighted by Crippen LogP contribution is 2.40. The molecule has 47 heavy (non-hydrogen) atoms. The van der Waals surface area contributed by atoms with Gasteiger partial charge in [-0.05, 0) is 95.0 Å². The fourth-order valence-electron chi connectivity index (χ4n) is 7.29. The molecule has 12 heteroatoms. The number of nitrogens with zero attached hydrogens (tertiary/aromatic N) is 5. The number of nitrogens with one attached hydrogen (secondary N) is 1. The molecular weight excluding hydrogens is 604 g/mol. The lowest BCUT2D eigenvalue weighted by molar-refractivity contribution is -0.138. The van der Waals surface area contributed by atoms with Gasteiger partial charge in [-0.2, -0.15) is 0 Å². The van der Waals surface area contributed by atoms with Crippen molar-refractivity contribution < 1.29 is 23.1 Å². The first kappa shape index (κ1) is 31.5. The van der Waals surface area contributed by atoms with Crippen molar-refractivity contribution in [2.45, 2.75) is 84.0 Å². The van der Waals surface area contributed by atoms with Crippen molar-refractivity contribution >= 4 is 33.9 Å². The first-order valence-electron chi connectivity index (χ1n) is 16.6. The van der Waals surface area contributed by atoms with Crippen molar-refractivity contribution in [2.75, 3.05) is 13.7 Å². The van der Waals surface area contributed by atoms with Crippen LogP contribution in [0, 0.1) is 17.3 Å². The number of rotatable bonds is 9. The SMILES string of the molecule is COc1cc(C(=O)N2C[C@H](N)[C@@H]3CC[C@H]2C3)cc2nc(-c3cc4ccc([C@@H](C)NC(=O)C(C)(C)C(F)F)nc4n3CC3CC3)n(C)c12. The molecule has 7 rings (SSSR count). The highest BCUT2D eigenvalue weighted by atomic mass is 19.3. The Hall–Kier alpha value is -4.06. The number of aromatic nitrogens is 4. The number of nitrogens with two attached hydrogens (primary N) is 1. The number of hydrogen-bond acceptors (Lipinski definition) is 6. The van der Waals surface area contributed by atoms with E-state index >= 15 is 0 Å². The second kappa shape index (κ2) is 11.6. The van der Waals surface area contributed by atoms with Crippen LogP contribution < -0.4 is 15.8 Å². The summed E-state index contributed by atoms with van der Waals surface area (Å²) >= 11 is 0. The topological polar surface area (TPSA) is 120 Å². The molecule has 0 spiro atoms. The molecule has 2 aliphatic carbocycles. The number of alkyl halides is 2. The number of imidazole rings is 1. The smallest absolute Gasteiger partial charge is 0.254 e. The van der Waals surface area contributed by atoms with Crippen molar-refractivity contribution in [2.24, 2.45) is 30.0 Å². The number of carbonyl (C=O) groups is 2. The number of amides is 2. The minimum absolute atomic E-state index is 0.00367. The van der Waals surface area contributed by atoms with E-state index in [-0.39, 0.29) is 18.0 Å². The van der Waals surface area contributed by atoms with Gasteiger partial charge < -0.3 is 29.8 Å².